The number of hydrazine groups is 1. The first-order chi connectivity index (χ1) is 27.9. The van der Waals surface area contributed by atoms with Gasteiger partial charge in [0.05, 0.1) is 40.2 Å². The quantitative estimate of drug-likeness (QED) is 0.202. The van der Waals surface area contributed by atoms with Crippen LogP contribution in [0.1, 0.15) is 62.9 Å². The van der Waals surface area contributed by atoms with Crippen LogP contribution in [0.15, 0.2) is 41.9 Å². The van der Waals surface area contributed by atoms with Crippen molar-refractivity contribution in [3.05, 3.63) is 58.2 Å². The molecule has 3 aromatic heterocycles. The summed E-state index contributed by atoms with van der Waals surface area (Å²) in [6.45, 7) is 12.9. The van der Waals surface area contributed by atoms with E-state index in [9.17, 15) is 9.59 Å². The summed E-state index contributed by atoms with van der Waals surface area (Å²) in [6, 6.07) is 9.63. The third-order valence-corrected chi connectivity index (χ3v) is 15.9. The Balaban J connectivity index is 1.15. The van der Waals surface area contributed by atoms with Crippen molar-refractivity contribution < 1.29 is 23.9 Å². The number of pyridine rings is 1. The van der Waals surface area contributed by atoms with Crippen LogP contribution in [0.2, 0.25) is 11.1 Å². The minimum absolute atomic E-state index is 0.0600. The number of fused-ring (bicyclic) bond motifs is 8. The third kappa shape index (κ3) is 6.76. The van der Waals surface area contributed by atoms with Crippen molar-refractivity contribution in [3.8, 4) is 22.5 Å². The van der Waals surface area contributed by atoms with Crippen molar-refractivity contribution in [3.63, 3.8) is 0 Å². The van der Waals surface area contributed by atoms with Gasteiger partial charge in [-0.3, -0.25) is 19.6 Å². The molecule has 1 spiro atoms. The molecule has 6 bridgehead atoms. The van der Waals surface area contributed by atoms with Crippen molar-refractivity contribution in [1.82, 2.24) is 40.1 Å². The Kier molecular flexibility index (Phi) is 10.3. The molecule has 15 heteroatoms. The molecule has 5 aliphatic rings. The van der Waals surface area contributed by atoms with Crippen LogP contribution in [-0.4, -0.2) is 122 Å². The number of ether oxygens (including phenoxy) is 2. The number of carbonyl (C=O) groups is 3. The Hall–Kier alpha value is -4.15. The number of amides is 3. The van der Waals surface area contributed by atoms with Gasteiger partial charge in [-0.15, -0.1) is 11.3 Å². The van der Waals surface area contributed by atoms with Crippen LogP contribution in [0.25, 0.3) is 33.4 Å². The van der Waals surface area contributed by atoms with E-state index in [0.717, 1.165) is 69.3 Å². The zero-order chi connectivity index (χ0) is 40.5. The van der Waals surface area contributed by atoms with Crippen LogP contribution in [0.3, 0.4) is 0 Å². The molecule has 2 N–H and O–H groups in total. The molecule has 13 nitrogen and oxygen atoms in total. The fourth-order valence-corrected chi connectivity index (χ4v) is 12.8. The number of methoxy groups -OCH3 is 1. The predicted molar refractivity (Wildman–Crippen MR) is 224 cm³/mol. The number of esters is 1. The van der Waals surface area contributed by atoms with Gasteiger partial charge in [-0.1, -0.05) is 19.9 Å². The number of thiazole rings is 1. The molecular formula is C43H54N8O5SSi. The van der Waals surface area contributed by atoms with Gasteiger partial charge in [0.25, 0.3) is 0 Å². The zero-order valence-corrected chi connectivity index (χ0v) is 36.2. The summed E-state index contributed by atoms with van der Waals surface area (Å²) < 4.78 is 14.4. The normalized spacial score (nSPS) is 27.8. The van der Waals surface area contributed by atoms with Gasteiger partial charge in [-0.2, -0.15) is 0 Å². The van der Waals surface area contributed by atoms with Gasteiger partial charge in [-0.05, 0) is 81.1 Å². The topological polar surface area (TPSA) is 134 Å². The smallest absolute Gasteiger partial charge is 0.324 e. The lowest BCUT2D eigenvalue weighted by Crippen LogP contribution is -2.67. The SMILES string of the molecule is CCn1c(-c2cccnc2[C@H](C)OC)c2c3cc(ccc31)-c1csc(n1)CC1(C(=O)N3CCC[C@H](N3)C(=O)OCC(C)(C)C2)C(NC(=O)N2CCN(C)CC2)C2[Si]C21. The molecule has 1 aliphatic carbocycles. The van der Waals surface area contributed by atoms with Crippen molar-refractivity contribution in [1.29, 1.82) is 0 Å². The maximum Gasteiger partial charge on any atom is 0.324 e. The first kappa shape index (κ1) is 39.3. The number of cyclic esters (lactones) is 1. The fraction of sp³-hybridized carbons (Fsp3) is 0.558. The van der Waals surface area contributed by atoms with Crippen molar-refractivity contribution in [2.75, 3.05) is 53.5 Å². The van der Waals surface area contributed by atoms with Crippen molar-refractivity contribution in [2.45, 2.75) is 89.2 Å². The summed E-state index contributed by atoms with van der Waals surface area (Å²) in [5.74, 6) is -0.415. The lowest BCUT2D eigenvalue weighted by molar-refractivity contribution is -0.160. The monoisotopic (exact) mass is 822 g/mol. The lowest BCUT2D eigenvalue weighted by atomic mass is 9.61. The molecular weight excluding hydrogens is 769 g/mol. The van der Waals surface area contributed by atoms with Crippen LogP contribution >= 0.6 is 11.3 Å². The van der Waals surface area contributed by atoms with Gasteiger partial charge in [0.2, 0.25) is 5.91 Å². The Morgan fingerprint density at radius 1 is 1.16 bits per heavy atom. The van der Waals surface area contributed by atoms with Gasteiger partial charge in [0.1, 0.15) is 6.04 Å². The maximum atomic E-state index is 15.0. The average molecular weight is 823 g/mol. The van der Waals surface area contributed by atoms with Crippen LogP contribution < -0.4 is 10.7 Å². The van der Waals surface area contributed by atoms with Crippen molar-refractivity contribution in [2.24, 2.45) is 10.8 Å². The number of aromatic nitrogens is 3. The first-order valence-corrected chi connectivity index (χ1v) is 22.8. The second-order valence-corrected chi connectivity index (χ2v) is 20.1. The molecule has 58 heavy (non-hydrogen) atoms. The molecule has 4 fully saturated rings. The molecule has 4 aromatic rings. The molecule has 2 radical (unpaired) electrons. The Bertz CT molecular complexity index is 2250. The molecule has 6 atom stereocenters. The molecule has 1 saturated carbocycles. The van der Waals surface area contributed by atoms with E-state index in [1.807, 2.05) is 24.1 Å². The highest BCUT2D eigenvalue weighted by molar-refractivity contribution is 7.10. The summed E-state index contributed by atoms with van der Waals surface area (Å²) in [6.07, 6.45) is 3.90. The molecule has 306 valence electrons. The second kappa shape index (κ2) is 15.1. The highest BCUT2D eigenvalue weighted by atomic mass is 32.1. The van der Waals surface area contributed by atoms with E-state index in [1.165, 1.54) is 0 Å². The summed E-state index contributed by atoms with van der Waals surface area (Å²) in [7, 11) is 4.37. The molecule has 4 aliphatic heterocycles. The van der Waals surface area contributed by atoms with Gasteiger partial charge in [-0.25, -0.2) is 15.2 Å². The van der Waals surface area contributed by atoms with E-state index in [4.69, 9.17) is 19.4 Å². The highest BCUT2D eigenvalue weighted by Gasteiger charge is 2.76. The third-order valence-electron chi connectivity index (χ3n) is 13.1. The number of aryl methyl sites for hydroxylation is 1. The number of likely N-dealkylation sites (N-methyl/N-ethyl adjacent to an activating group) is 1. The van der Waals surface area contributed by atoms with Crippen LogP contribution in [0.4, 0.5) is 4.79 Å². The molecule has 1 aromatic carbocycles. The van der Waals surface area contributed by atoms with Gasteiger partial charge < -0.3 is 29.2 Å². The number of benzene rings is 1. The number of piperazine rings is 1. The van der Waals surface area contributed by atoms with E-state index in [-0.39, 0.29) is 47.7 Å². The summed E-state index contributed by atoms with van der Waals surface area (Å²) >= 11 is 1.58. The Labute approximate surface area is 346 Å². The van der Waals surface area contributed by atoms with Gasteiger partial charge in [0, 0.05) is 107 Å². The number of carbonyl (C=O) groups excluding carboxylic acids is 3. The minimum atomic E-state index is -0.863. The molecule has 3 amide bonds. The van der Waals surface area contributed by atoms with Crippen LogP contribution in [0, 0.1) is 10.8 Å². The average Bonchev–Trinajstić information content (AvgIpc) is 3.68. The highest BCUT2D eigenvalue weighted by Crippen LogP contribution is 2.72. The van der Waals surface area contributed by atoms with Crippen molar-refractivity contribution >= 4 is 49.7 Å². The van der Waals surface area contributed by atoms with E-state index in [2.05, 4.69) is 77.7 Å². The van der Waals surface area contributed by atoms with Gasteiger partial charge >= 0.3 is 12.0 Å². The summed E-state index contributed by atoms with van der Waals surface area (Å²) in [5, 5.41) is 9.13. The summed E-state index contributed by atoms with van der Waals surface area (Å²) in [5.41, 5.74) is 9.57. The fourth-order valence-electron chi connectivity index (χ4n) is 9.80. The van der Waals surface area contributed by atoms with Crippen LogP contribution in [-0.2, 0) is 38.4 Å². The number of hydrogen-bond acceptors (Lipinski definition) is 10. The predicted octanol–water partition coefficient (Wildman–Crippen LogP) is 5.34. The minimum Gasteiger partial charge on any atom is -0.464 e. The molecule has 4 unspecified atom stereocenters. The Morgan fingerprint density at radius 2 is 1.97 bits per heavy atom. The first-order valence-electron chi connectivity index (χ1n) is 20.7. The standard InChI is InChI=1S/C43H54N8O5SSi/c1-7-50-32-13-12-26-20-28(32)29(35(50)27-10-8-14-44-34(27)25(2)55-6)21-42(3,4)24-56-39(52)30-11-9-15-51(47-30)40(53)43(22-33-45-31(26)23-57-33)37(36-38(43)58-36)46-41(54)49-18-16-48(5)17-19-49/h8,10,12-14,20,23,25,30,36-38,47H,7,9,11,15-19,21-22,24H2,1-6H3,(H,46,54)/t25-,30-,36?,37?,38?,43?/m0/s1. The number of hydrogen-bond donors (Lipinski definition) is 2. The number of rotatable bonds is 5. The van der Waals surface area contributed by atoms with E-state index in [0.29, 0.717) is 54.8 Å². The molecule has 3 saturated heterocycles. The second-order valence-electron chi connectivity index (χ2n) is 17.6. The number of urea groups is 1. The zero-order valence-electron chi connectivity index (χ0n) is 34.3. The van der Waals surface area contributed by atoms with E-state index in [1.54, 1.807) is 23.5 Å². The van der Waals surface area contributed by atoms with E-state index < -0.39 is 16.9 Å². The van der Waals surface area contributed by atoms with Crippen LogP contribution in [0.5, 0.6) is 0 Å². The largest absolute Gasteiger partial charge is 0.464 e. The molecule has 7 heterocycles. The molecule has 9 rings (SSSR count). The number of nitrogens with zero attached hydrogens (tertiary/aromatic N) is 6. The lowest BCUT2D eigenvalue weighted by Gasteiger charge is -2.51. The summed E-state index contributed by atoms with van der Waals surface area (Å²) in [4.78, 5) is 56.9. The van der Waals surface area contributed by atoms with E-state index >= 15 is 4.79 Å². The Morgan fingerprint density at radius 3 is 2.74 bits per heavy atom. The number of nitrogens with one attached hydrogen (secondary N) is 2. The maximum absolute atomic E-state index is 15.0. The van der Waals surface area contributed by atoms with Gasteiger partial charge in [0.15, 0.2) is 0 Å².